The molecular formula is C11H13ClN6O. The predicted octanol–water partition coefficient (Wildman–Crippen LogP) is 0.523. The first-order valence-corrected chi connectivity index (χ1v) is 6.47. The van der Waals surface area contributed by atoms with Gasteiger partial charge in [-0.05, 0) is 6.92 Å². The molecule has 0 aromatic carbocycles. The van der Waals surface area contributed by atoms with Crippen LogP contribution in [-0.2, 0) is 6.54 Å². The molecule has 0 saturated carbocycles. The van der Waals surface area contributed by atoms with Gasteiger partial charge in [-0.25, -0.2) is 4.68 Å². The number of aryl methyl sites for hydroxylation is 1. The van der Waals surface area contributed by atoms with Crippen molar-refractivity contribution in [2.45, 2.75) is 19.5 Å². The lowest BCUT2D eigenvalue weighted by molar-refractivity contribution is 0.102. The van der Waals surface area contributed by atoms with Gasteiger partial charge in [0.15, 0.2) is 5.69 Å². The molecule has 2 aromatic heterocycles. The van der Waals surface area contributed by atoms with E-state index in [-0.39, 0.29) is 11.8 Å². The largest absolute Gasteiger partial charge is 0.312 e. The minimum Gasteiger partial charge on any atom is -0.312 e. The number of nitrogens with zero attached hydrogens (tertiary/aromatic N) is 5. The van der Waals surface area contributed by atoms with Crippen LogP contribution in [0, 0.1) is 0 Å². The molecule has 1 fully saturated rings. The fourth-order valence-corrected chi connectivity index (χ4v) is 2.20. The van der Waals surface area contributed by atoms with E-state index in [1.54, 1.807) is 15.6 Å². The number of nitrogens with one attached hydrogen (secondary N) is 1. The van der Waals surface area contributed by atoms with Crippen LogP contribution in [0.15, 0.2) is 12.4 Å². The number of ketones is 1. The van der Waals surface area contributed by atoms with Crippen molar-refractivity contribution in [2.24, 2.45) is 0 Å². The second kappa shape index (κ2) is 4.75. The van der Waals surface area contributed by atoms with Gasteiger partial charge in [0.25, 0.3) is 0 Å². The SMILES string of the molecule is CCn1ncc(Cl)c1C(=O)c1cn(C2CNC2)nn1. The number of hydrogen-bond acceptors (Lipinski definition) is 5. The quantitative estimate of drug-likeness (QED) is 0.827. The monoisotopic (exact) mass is 280 g/mol. The first kappa shape index (κ1) is 12.3. The molecule has 100 valence electrons. The Morgan fingerprint density at radius 3 is 3.00 bits per heavy atom. The van der Waals surface area contributed by atoms with Crippen LogP contribution in [0.25, 0.3) is 0 Å². The molecule has 8 heteroatoms. The van der Waals surface area contributed by atoms with Crippen LogP contribution in [0.5, 0.6) is 0 Å². The molecule has 3 rings (SSSR count). The molecular weight excluding hydrogens is 268 g/mol. The van der Waals surface area contributed by atoms with Crippen LogP contribution in [0.2, 0.25) is 5.02 Å². The van der Waals surface area contributed by atoms with Crippen LogP contribution in [0.1, 0.15) is 29.1 Å². The summed E-state index contributed by atoms with van der Waals surface area (Å²) in [5, 5.41) is 15.4. The lowest BCUT2D eigenvalue weighted by Gasteiger charge is -2.26. The van der Waals surface area contributed by atoms with E-state index in [0.717, 1.165) is 13.1 Å². The molecule has 3 heterocycles. The van der Waals surface area contributed by atoms with E-state index in [4.69, 9.17) is 11.6 Å². The summed E-state index contributed by atoms with van der Waals surface area (Å²) in [6.07, 6.45) is 3.13. The Morgan fingerprint density at radius 2 is 2.37 bits per heavy atom. The van der Waals surface area contributed by atoms with Crippen LogP contribution in [0.3, 0.4) is 0 Å². The smallest absolute Gasteiger partial charge is 0.234 e. The summed E-state index contributed by atoms with van der Waals surface area (Å²) < 4.78 is 3.28. The summed E-state index contributed by atoms with van der Waals surface area (Å²) in [7, 11) is 0. The summed E-state index contributed by atoms with van der Waals surface area (Å²) in [4.78, 5) is 12.4. The first-order valence-electron chi connectivity index (χ1n) is 6.09. The van der Waals surface area contributed by atoms with E-state index in [1.165, 1.54) is 6.20 Å². The zero-order valence-electron chi connectivity index (χ0n) is 10.4. The van der Waals surface area contributed by atoms with Crippen molar-refractivity contribution in [1.29, 1.82) is 0 Å². The van der Waals surface area contributed by atoms with Crippen LogP contribution >= 0.6 is 11.6 Å². The van der Waals surface area contributed by atoms with Crippen molar-refractivity contribution in [1.82, 2.24) is 30.1 Å². The Morgan fingerprint density at radius 1 is 1.58 bits per heavy atom. The first-order chi connectivity index (χ1) is 9.20. The summed E-state index contributed by atoms with van der Waals surface area (Å²) in [6.45, 7) is 4.18. The van der Waals surface area contributed by atoms with Gasteiger partial charge in [-0.1, -0.05) is 16.8 Å². The molecule has 19 heavy (non-hydrogen) atoms. The average molecular weight is 281 g/mol. The van der Waals surface area contributed by atoms with E-state index in [0.29, 0.717) is 23.0 Å². The minimum atomic E-state index is -0.247. The fourth-order valence-electron chi connectivity index (χ4n) is 1.97. The molecule has 0 spiro atoms. The van der Waals surface area contributed by atoms with E-state index < -0.39 is 0 Å². The maximum Gasteiger partial charge on any atom is 0.234 e. The van der Waals surface area contributed by atoms with Gasteiger partial charge in [-0.15, -0.1) is 5.10 Å². The van der Waals surface area contributed by atoms with Gasteiger partial charge in [0.2, 0.25) is 5.78 Å². The number of rotatable bonds is 4. The molecule has 2 aromatic rings. The maximum atomic E-state index is 12.4. The van der Waals surface area contributed by atoms with Crippen molar-refractivity contribution < 1.29 is 4.79 Å². The van der Waals surface area contributed by atoms with Crippen molar-refractivity contribution in [3.05, 3.63) is 28.8 Å². The molecule has 0 bridgehead atoms. The third-order valence-electron chi connectivity index (χ3n) is 3.19. The Balaban J connectivity index is 1.90. The standard InChI is InChI=1S/C11H13ClN6O/c1-2-17-10(8(12)5-14-17)11(19)9-6-18(16-15-9)7-3-13-4-7/h5-7,13H,2-4H2,1H3. The van der Waals surface area contributed by atoms with Gasteiger partial charge in [0.05, 0.1) is 23.5 Å². The number of carbonyl (C=O) groups excluding carboxylic acids is 1. The maximum absolute atomic E-state index is 12.4. The summed E-state index contributed by atoms with van der Waals surface area (Å²) in [6, 6.07) is 0.278. The highest BCUT2D eigenvalue weighted by atomic mass is 35.5. The van der Waals surface area contributed by atoms with Crippen molar-refractivity contribution in [3.63, 3.8) is 0 Å². The third kappa shape index (κ3) is 2.04. The fraction of sp³-hybridized carbons (Fsp3) is 0.455. The molecule has 0 aliphatic carbocycles. The normalized spacial score (nSPS) is 15.5. The minimum absolute atomic E-state index is 0.247. The van der Waals surface area contributed by atoms with Gasteiger partial charge in [-0.3, -0.25) is 9.48 Å². The molecule has 0 unspecified atom stereocenters. The van der Waals surface area contributed by atoms with Crippen molar-refractivity contribution in [3.8, 4) is 0 Å². The number of carbonyl (C=O) groups is 1. The number of hydrogen-bond donors (Lipinski definition) is 1. The average Bonchev–Trinajstić information content (AvgIpc) is 2.93. The molecule has 1 aliphatic rings. The topological polar surface area (TPSA) is 77.6 Å². The van der Waals surface area contributed by atoms with Gasteiger partial charge in [0.1, 0.15) is 5.69 Å². The third-order valence-corrected chi connectivity index (χ3v) is 3.46. The summed E-state index contributed by atoms with van der Waals surface area (Å²) >= 11 is 6.01. The van der Waals surface area contributed by atoms with E-state index in [2.05, 4.69) is 20.7 Å². The van der Waals surface area contributed by atoms with E-state index in [1.807, 2.05) is 6.92 Å². The molecule has 7 nitrogen and oxygen atoms in total. The predicted molar refractivity (Wildman–Crippen MR) is 68.3 cm³/mol. The lowest BCUT2D eigenvalue weighted by atomic mass is 10.2. The summed E-state index contributed by atoms with van der Waals surface area (Å²) in [5.41, 5.74) is 0.659. The molecule has 1 N–H and O–H groups in total. The molecule has 0 radical (unpaired) electrons. The van der Waals surface area contributed by atoms with Gasteiger partial charge >= 0.3 is 0 Å². The molecule has 1 aliphatic heterocycles. The second-order valence-electron chi connectivity index (χ2n) is 4.38. The van der Waals surface area contributed by atoms with Gasteiger partial charge < -0.3 is 5.32 Å². The molecule has 0 amide bonds. The highest BCUT2D eigenvalue weighted by Gasteiger charge is 2.24. The Kier molecular flexibility index (Phi) is 3.08. The zero-order valence-corrected chi connectivity index (χ0v) is 11.1. The highest BCUT2D eigenvalue weighted by molar-refractivity contribution is 6.34. The van der Waals surface area contributed by atoms with Crippen molar-refractivity contribution >= 4 is 17.4 Å². The zero-order chi connectivity index (χ0) is 13.4. The number of halogens is 1. The van der Waals surface area contributed by atoms with E-state index in [9.17, 15) is 4.79 Å². The molecule has 0 atom stereocenters. The molecule has 1 saturated heterocycles. The van der Waals surface area contributed by atoms with Crippen molar-refractivity contribution in [2.75, 3.05) is 13.1 Å². The Hall–Kier alpha value is -1.73. The van der Waals surface area contributed by atoms with Crippen LogP contribution in [-0.4, -0.2) is 43.6 Å². The van der Waals surface area contributed by atoms with E-state index >= 15 is 0 Å². The number of aromatic nitrogens is 5. The highest BCUT2D eigenvalue weighted by Crippen LogP contribution is 2.19. The summed E-state index contributed by atoms with van der Waals surface area (Å²) in [5.74, 6) is -0.247. The Labute approximate surface area is 114 Å². The Bertz CT molecular complexity index is 614. The second-order valence-corrected chi connectivity index (χ2v) is 4.79. The van der Waals surface area contributed by atoms with Gasteiger partial charge in [-0.2, -0.15) is 5.10 Å². The lowest BCUT2D eigenvalue weighted by Crippen LogP contribution is -2.43. The van der Waals surface area contributed by atoms with Gasteiger partial charge in [0, 0.05) is 19.6 Å². The van der Waals surface area contributed by atoms with Crippen LogP contribution in [0.4, 0.5) is 0 Å². The van der Waals surface area contributed by atoms with Crippen LogP contribution < -0.4 is 5.32 Å².